The number of hydrogen-bond donors (Lipinski definition) is 2. The molecule has 4 unspecified atom stereocenters. The second-order valence-electron chi connectivity index (χ2n) is 10.6. The molecular formula is C34H48O10. The van der Waals surface area contributed by atoms with E-state index in [4.69, 9.17) is 28.4 Å². The van der Waals surface area contributed by atoms with Crippen molar-refractivity contribution in [3.8, 4) is 11.5 Å². The van der Waals surface area contributed by atoms with Crippen molar-refractivity contribution in [3.05, 3.63) is 85.0 Å². The third-order valence-corrected chi connectivity index (χ3v) is 6.44. The molecule has 10 nitrogen and oxygen atoms in total. The van der Waals surface area contributed by atoms with Gasteiger partial charge in [0.15, 0.2) is 0 Å². The summed E-state index contributed by atoms with van der Waals surface area (Å²) in [6, 6.07) is 15.7. The van der Waals surface area contributed by atoms with Gasteiger partial charge in [0, 0.05) is 17.6 Å². The molecule has 0 fully saturated rings. The predicted molar refractivity (Wildman–Crippen MR) is 168 cm³/mol. The van der Waals surface area contributed by atoms with E-state index in [1.807, 2.05) is 62.4 Å². The number of benzene rings is 2. The molecule has 244 valence electrons. The minimum Gasteiger partial charge on any atom is -0.491 e. The fourth-order valence-electron chi connectivity index (χ4n) is 3.75. The van der Waals surface area contributed by atoms with Crippen molar-refractivity contribution in [1.29, 1.82) is 0 Å². The van der Waals surface area contributed by atoms with Gasteiger partial charge < -0.3 is 38.6 Å². The Morgan fingerprint density at radius 1 is 0.682 bits per heavy atom. The highest BCUT2D eigenvalue weighted by molar-refractivity contribution is 5.81. The van der Waals surface area contributed by atoms with Crippen molar-refractivity contribution in [2.75, 3.05) is 39.6 Å². The second-order valence-corrected chi connectivity index (χ2v) is 10.6. The normalized spacial score (nSPS) is 13.8. The zero-order valence-electron chi connectivity index (χ0n) is 25.4. The van der Waals surface area contributed by atoms with E-state index in [1.165, 1.54) is 0 Å². The first-order chi connectivity index (χ1) is 20.4. The van der Waals surface area contributed by atoms with Crippen LogP contribution in [0.15, 0.2) is 73.8 Å². The molecule has 2 aromatic rings. The van der Waals surface area contributed by atoms with Gasteiger partial charge in [0.1, 0.15) is 50.1 Å². The van der Waals surface area contributed by atoms with Crippen molar-refractivity contribution in [3.63, 3.8) is 0 Å². The molecule has 2 rings (SSSR count). The number of aliphatic hydroxyl groups is 2. The van der Waals surface area contributed by atoms with Crippen molar-refractivity contribution in [1.82, 2.24) is 0 Å². The molecule has 2 aromatic carbocycles. The summed E-state index contributed by atoms with van der Waals surface area (Å²) in [6.45, 7) is 14.8. The topological polar surface area (TPSA) is 130 Å². The maximum absolute atomic E-state index is 11.1. The summed E-state index contributed by atoms with van der Waals surface area (Å²) in [5.41, 5.74) is 1.93. The van der Waals surface area contributed by atoms with Crippen LogP contribution in [0.5, 0.6) is 11.5 Å². The number of ether oxygens (including phenoxy) is 6. The third-order valence-electron chi connectivity index (χ3n) is 6.44. The number of rotatable bonds is 20. The lowest BCUT2D eigenvalue weighted by molar-refractivity contribution is -0.143. The van der Waals surface area contributed by atoms with Crippen LogP contribution >= 0.6 is 0 Å². The smallest absolute Gasteiger partial charge is 0.330 e. The molecule has 4 atom stereocenters. The van der Waals surface area contributed by atoms with Gasteiger partial charge in [-0.25, -0.2) is 9.59 Å². The minimum absolute atomic E-state index is 0. The Hall–Kier alpha value is -3.70. The molecule has 0 aliphatic heterocycles. The van der Waals surface area contributed by atoms with Gasteiger partial charge in [-0.05, 0) is 49.2 Å². The molecule has 2 N–H and O–H groups in total. The van der Waals surface area contributed by atoms with E-state index in [-0.39, 0.29) is 51.5 Å². The first-order valence-electron chi connectivity index (χ1n) is 14.1. The number of carbonyl (C=O) groups excluding carboxylic acids is 2. The van der Waals surface area contributed by atoms with Gasteiger partial charge in [0.05, 0.1) is 25.4 Å². The lowest BCUT2D eigenvalue weighted by atomic mass is 9.78. The van der Waals surface area contributed by atoms with Crippen LogP contribution in [-0.4, -0.2) is 86.2 Å². The van der Waals surface area contributed by atoms with E-state index in [2.05, 4.69) is 27.0 Å². The van der Waals surface area contributed by atoms with E-state index < -0.39 is 24.1 Å². The summed E-state index contributed by atoms with van der Waals surface area (Å²) < 4.78 is 32.4. The van der Waals surface area contributed by atoms with Crippen LogP contribution in [0.2, 0.25) is 0 Å². The molecule has 0 radical (unpaired) electrons. The Bertz CT molecular complexity index is 1050. The van der Waals surface area contributed by atoms with E-state index in [9.17, 15) is 19.8 Å². The average molecular weight is 617 g/mol. The molecule has 0 aromatic heterocycles. The van der Waals surface area contributed by atoms with E-state index in [0.717, 1.165) is 23.3 Å². The first kappa shape index (κ1) is 38.3. The fourth-order valence-corrected chi connectivity index (χ4v) is 3.75. The Kier molecular flexibility index (Phi) is 17.0. The number of hydrogen-bond acceptors (Lipinski definition) is 10. The van der Waals surface area contributed by atoms with Crippen LogP contribution in [-0.2, 0) is 34.0 Å². The fraction of sp³-hybridized carbons (Fsp3) is 0.471. The monoisotopic (exact) mass is 616 g/mol. The Balaban J connectivity index is 0.00000968. The zero-order valence-corrected chi connectivity index (χ0v) is 25.4. The van der Waals surface area contributed by atoms with Gasteiger partial charge in [-0.3, -0.25) is 0 Å². The molecule has 0 bridgehead atoms. The Morgan fingerprint density at radius 3 is 1.34 bits per heavy atom. The quantitative estimate of drug-likeness (QED) is 0.163. The Labute approximate surface area is 261 Å². The van der Waals surface area contributed by atoms with Crippen LogP contribution in [0.1, 0.15) is 46.2 Å². The summed E-state index contributed by atoms with van der Waals surface area (Å²) in [7, 11) is 0. The van der Waals surface area contributed by atoms with Gasteiger partial charge in [-0.15, -0.1) is 0 Å². The molecule has 0 aliphatic carbocycles. The lowest BCUT2D eigenvalue weighted by Crippen LogP contribution is -2.28. The van der Waals surface area contributed by atoms with Crippen molar-refractivity contribution < 1.29 is 48.2 Å². The number of aliphatic hydroxyl groups excluding tert-OH is 2. The third kappa shape index (κ3) is 13.7. The highest BCUT2D eigenvalue weighted by Gasteiger charge is 2.23. The molecule has 0 heterocycles. The second kappa shape index (κ2) is 19.6. The van der Waals surface area contributed by atoms with Crippen LogP contribution < -0.4 is 9.47 Å². The van der Waals surface area contributed by atoms with Gasteiger partial charge in [0.25, 0.3) is 0 Å². The van der Waals surface area contributed by atoms with Gasteiger partial charge >= 0.3 is 11.9 Å². The summed E-state index contributed by atoms with van der Waals surface area (Å²) in [6.07, 6.45) is -0.350. The average Bonchev–Trinajstić information content (AvgIpc) is 3.02. The molecule has 10 heteroatoms. The maximum Gasteiger partial charge on any atom is 0.330 e. The van der Waals surface area contributed by atoms with Crippen LogP contribution in [0.3, 0.4) is 0 Å². The van der Waals surface area contributed by atoms with E-state index in [1.54, 1.807) is 0 Å². The highest BCUT2D eigenvalue weighted by atomic mass is 16.6. The zero-order chi connectivity index (χ0) is 31.8. The van der Waals surface area contributed by atoms with E-state index >= 15 is 0 Å². The maximum atomic E-state index is 11.1. The van der Waals surface area contributed by atoms with Gasteiger partial charge in [0.2, 0.25) is 0 Å². The molecular weight excluding hydrogens is 568 g/mol. The molecule has 0 spiro atoms. The number of carbonyl (C=O) groups is 2. The van der Waals surface area contributed by atoms with E-state index in [0.29, 0.717) is 24.7 Å². The van der Waals surface area contributed by atoms with Crippen molar-refractivity contribution >= 4 is 11.9 Å². The van der Waals surface area contributed by atoms with Crippen LogP contribution in [0.4, 0.5) is 0 Å². The summed E-state index contributed by atoms with van der Waals surface area (Å²) in [5.74, 6) is 0.201. The summed E-state index contributed by atoms with van der Waals surface area (Å²) >= 11 is 0. The Morgan fingerprint density at radius 2 is 1.02 bits per heavy atom. The van der Waals surface area contributed by atoms with Gasteiger partial charge in [-0.1, -0.05) is 58.7 Å². The van der Waals surface area contributed by atoms with Gasteiger partial charge in [-0.2, -0.15) is 0 Å². The van der Waals surface area contributed by atoms with Crippen LogP contribution in [0, 0.1) is 0 Å². The molecule has 0 saturated heterocycles. The number of esters is 2. The van der Waals surface area contributed by atoms with Crippen molar-refractivity contribution in [2.45, 2.75) is 65.0 Å². The molecule has 0 aliphatic rings. The predicted octanol–water partition coefficient (Wildman–Crippen LogP) is 4.40. The van der Waals surface area contributed by atoms with Crippen molar-refractivity contribution in [2.24, 2.45) is 0 Å². The molecule has 0 amide bonds. The standard InChI is InChI=1S/C33H44O10.CH4/c1-7-31(36)42-21-27(34)19-38-23(3)17-40-29-13-9-25(10-14-29)33(5,6)26-11-15-30(16-12-26)41-18-24(4)39-20-28(35)22-43-32(37)8-2;/h7-16,23-24,27-28,34-35H,1-2,17-22H2,3-6H3;1H4. The minimum atomic E-state index is -0.931. The SMILES string of the molecule is C.C=CC(=O)OCC(O)COC(C)COc1ccc(C(C)(C)c2ccc(OCC(C)OCC(O)COC(=O)C=C)cc2)cc1. The largest absolute Gasteiger partial charge is 0.491 e. The summed E-state index contributed by atoms with van der Waals surface area (Å²) in [5, 5.41) is 19.7. The van der Waals surface area contributed by atoms with Crippen LogP contribution in [0.25, 0.3) is 0 Å². The molecule has 0 saturated carbocycles. The summed E-state index contributed by atoms with van der Waals surface area (Å²) in [4.78, 5) is 22.1. The highest BCUT2D eigenvalue weighted by Crippen LogP contribution is 2.33. The first-order valence-corrected chi connectivity index (χ1v) is 14.1. The molecule has 44 heavy (non-hydrogen) atoms. The lowest BCUT2D eigenvalue weighted by Gasteiger charge is -2.27.